The predicted octanol–water partition coefficient (Wildman–Crippen LogP) is 5.62. The molecule has 3 atom stereocenters. The van der Waals surface area contributed by atoms with Gasteiger partial charge in [0.25, 0.3) is 0 Å². The normalized spacial score (nSPS) is 23.7. The van der Waals surface area contributed by atoms with Crippen LogP contribution in [0, 0.1) is 17.8 Å². The highest BCUT2D eigenvalue weighted by Crippen LogP contribution is 2.37. The highest BCUT2D eigenvalue weighted by atomic mass is 16.5. The molecule has 1 aromatic rings. The van der Waals surface area contributed by atoms with E-state index in [1.54, 1.807) is 0 Å². The summed E-state index contributed by atoms with van der Waals surface area (Å²) in [5.41, 5.74) is 0. The third-order valence-corrected chi connectivity index (χ3v) is 5.06. The average Bonchev–Trinajstić information content (AvgIpc) is 2.59. The van der Waals surface area contributed by atoms with E-state index >= 15 is 0 Å². The Morgan fingerprint density at radius 2 is 1.79 bits per heavy atom. The van der Waals surface area contributed by atoms with E-state index < -0.39 is 0 Å². The first-order valence-corrected chi connectivity index (χ1v) is 9.58. The first-order chi connectivity index (χ1) is 11.6. The third kappa shape index (κ3) is 5.54. The maximum absolute atomic E-state index is 12.5. The molecule has 0 bridgehead atoms. The van der Waals surface area contributed by atoms with Crippen LogP contribution in [-0.2, 0) is 4.79 Å². The lowest BCUT2D eigenvalue weighted by Gasteiger charge is -2.32. The standard InChI is InChI=1S/C21H32O3/c1-4-6-7-17-8-13-20(16(3)15-17)21(22)24-19-11-9-18(10-12-19)23-14-5-2/h9-12,16-17,20H,4-8,13-15H2,1-3H3/t16-,17+,20-/m1/s1. The topological polar surface area (TPSA) is 35.5 Å². The van der Waals surface area contributed by atoms with Gasteiger partial charge < -0.3 is 9.47 Å². The maximum atomic E-state index is 12.5. The monoisotopic (exact) mass is 332 g/mol. The van der Waals surface area contributed by atoms with E-state index in [-0.39, 0.29) is 11.9 Å². The number of carbonyl (C=O) groups is 1. The van der Waals surface area contributed by atoms with Crippen LogP contribution in [0.1, 0.15) is 65.7 Å². The van der Waals surface area contributed by atoms with Crippen molar-refractivity contribution in [2.45, 2.75) is 65.7 Å². The molecule has 0 saturated heterocycles. The average molecular weight is 332 g/mol. The van der Waals surface area contributed by atoms with E-state index in [0.29, 0.717) is 18.3 Å². The van der Waals surface area contributed by atoms with Crippen molar-refractivity contribution in [2.24, 2.45) is 17.8 Å². The van der Waals surface area contributed by atoms with Gasteiger partial charge in [-0.1, -0.05) is 40.0 Å². The van der Waals surface area contributed by atoms with Crippen molar-refractivity contribution < 1.29 is 14.3 Å². The third-order valence-electron chi connectivity index (χ3n) is 5.06. The van der Waals surface area contributed by atoms with Crippen LogP contribution in [0.15, 0.2) is 24.3 Å². The van der Waals surface area contributed by atoms with Crippen LogP contribution in [0.5, 0.6) is 11.5 Å². The van der Waals surface area contributed by atoms with Crippen molar-refractivity contribution in [1.82, 2.24) is 0 Å². The Bertz CT molecular complexity index is 494. The van der Waals surface area contributed by atoms with Crippen molar-refractivity contribution in [3.8, 4) is 11.5 Å². The molecule has 1 aliphatic rings. The summed E-state index contributed by atoms with van der Waals surface area (Å²) in [5.74, 6) is 2.61. The minimum Gasteiger partial charge on any atom is -0.494 e. The van der Waals surface area contributed by atoms with Crippen molar-refractivity contribution in [1.29, 1.82) is 0 Å². The molecule has 134 valence electrons. The zero-order valence-electron chi connectivity index (χ0n) is 15.4. The minimum absolute atomic E-state index is 0.0406. The molecule has 1 saturated carbocycles. The smallest absolute Gasteiger partial charge is 0.314 e. The van der Waals surface area contributed by atoms with Gasteiger partial charge in [0.15, 0.2) is 0 Å². The van der Waals surface area contributed by atoms with E-state index in [4.69, 9.17) is 9.47 Å². The fourth-order valence-electron chi connectivity index (χ4n) is 3.63. The van der Waals surface area contributed by atoms with Gasteiger partial charge in [0.2, 0.25) is 0 Å². The molecule has 0 unspecified atom stereocenters. The Labute approximate surface area is 146 Å². The summed E-state index contributed by atoms with van der Waals surface area (Å²) in [6.07, 6.45) is 8.13. The van der Waals surface area contributed by atoms with E-state index in [1.165, 1.54) is 19.3 Å². The van der Waals surface area contributed by atoms with Crippen LogP contribution in [0.3, 0.4) is 0 Å². The van der Waals surface area contributed by atoms with Crippen molar-refractivity contribution in [3.05, 3.63) is 24.3 Å². The van der Waals surface area contributed by atoms with Gasteiger partial charge in [0.1, 0.15) is 11.5 Å². The Kier molecular flexibility index (Phi) is 7.61. The van der Waals surface area contributed by atoms with Gasteiger partial charge in [-0.2, -0.15) is 0 Å². The summed E-state index contributed by atoms with van der Waals surface area (Å²) < 4.78 is 11.2. The Balaban J connectivity index is 1.83. The molecule has 3 nitrogen and oxygen atoms in total. The number of esters is 1. The van der Waals surface area contributed by atoms with Crippen LogP contribution in [0.4, 0.5) is 0 Å². The van der Waals surface area contributed by atoms with Gasteiger partial charge in [0.05, 0.1) is 12.5 Å². The van der Waals surface area contributed by atoms with Crippen LogP contribution in [-0.4, -0.2) is 12.6 Å². The largest absolute Gasteiger partial charge is 0.494 e. The fourth-order valence-corrected chi connectivity index (χ4v) is 3.63. The van der Waals surface area contributed by atoms with Gasteiger partial charge in [-0.15, -0.1) is 0 Å². The molecule has 0 N–H and O–H groups in total. The highest BCUT2D eigenvalue weighted by molar-refractivity contribution is 5.75. The van der Waals surface area contributed by atoms with Crippen LogP contribution < -0.4 is 9.47 Å². The van der Waals surface area contributed by atoms with Gasteiger partial charge in [0, 0.05) is 0 Å². The lowest BCUT2D eigenvalue weighted by atomic mass is 9.73. The number of rotatable bonds is 8. The minimum atomic E-state index is -0.0707. The van der Waals surface area contributed by atoms with Crippen LogP contribution in [0.2, 0.25) is 0 Å². The molecule has 0 aromatic heterocycles. The van der Waals surface area contributed by atoms with Crippen LogP contribution in [0.25, 0.3) is 0 Å². The SMILES string of the molecule is CCCC[C@H]1CC[C@@H](C(=O)Oc2ccc(OCCC)cc2)[C@H](C)C1. The summed E-state index contributed by atoms with van der Waals surface area (Å²) in [5, 5.41) is 0. The lowest BCUT2D eigenvalue weighted by Crippen LogP contribution is -2.32. The zero-order chi connectivity index (χ0) is 17.4. The number of ether oxygens (including phenoxy) is 2. The maximum Gasteiger partial charge on any atom is 0.314 e. The zero-order valence-corrected chi connectivity index (χ0v) is 15.4. The lowest BCUT2D eigenvalue weighted by molar-refractivity contribution is -0.142. The second kappa shape index (κ2) is 9.71. The molecule has 0 aliphatic heterocycles. The molecule has 0 amide bonds. The summed E-state index contributed by atoms with van der Waals surface area (Å²) in [4.78, 5) is 12.5. The molecule has 1 fully saturated rings. The Hall–Kier alpha value is -1.51. The molecule has 1 aliphatic carbocycles. The number of hydrogen-bond acceptors (Lipinski definition) is 3. The first-order valence-electron chi connectivity index (χ1n) is 9.58. The number of hydrogen-bond donors (Lipinski definition) is 0. The van der Waals surface area contributed by atoms with E-state index in [9.17, 15) is 4.79 Å². The molecule has 0 radical (unpaired) electrons. The van der Waals surface area contributed by atoms with Gasteiger partial charge in [-0.25, -0.2) is 0 Å². The molecule has 1 aromatic carbocycles. The number of benzene rings is 1. The van der Waals surface area contributed by atoms with E-state index in [0.717, 1.165) is 37.4 Å². The molecular formula is C21H32O3. The van der Waals surface area contributed by atoms with Crippen molar-refractivity contribution >= 4 is 5.97 Å². The fraction of sp³-hybridized carbons (Fsp3) is 0.667. The summed E-state index contributed by atoms with van der Waals surface area (Å²) in [6.45, 7) is 7.23. The van der Waals surface area contributed by atoms with Crippen molar-refractivity contribution in [2.75, 3.05) is 6.61 Å². The summed E-state index contributed by atoms with van der Waals surface area (Å²) >= 11 is 0. The molecule has 3 heteroatoms. The van der Waals surface area contributed by atoms with E-state index in [1.807, 2.05) is 24.3 Å². The summed E-state index contributed by atoms with van der Waals surface area (Å²) in [7, 11) is 0. The second-order valence-corrected chi connectivity index (χ2v) is 7.15. The number of unbranched alkanes of at least 4 members (excludes halogenated alkanes) is 1. The molecular weight excluding hydrogens is 300 g/mol. The van der Waals surface area contributed by atoms with Crippen molar-refractivity contribution in [3.63, 3.8) is 0 Å². The van der Waals surface area contributed by atoms with E-state index in [2.05, 4.69) is 20.8 Å². The molecule has 0 heterocycles. The molecule has 24 heavy (non-hydrogen) atoms. The summed E-state index contributed by atoms with van der Waals surface area (Å²) in [6, 6.07) is 7.37. The van der Waals surface area contributed by atoms with Gasteiger partial charge in [-0.3, -0.25) is 4.79 Å². The van der Waals surface area contributed by atoms with Gasteiger partial charge in [-0.05, 0) is 61.8 Å². The Morgan fingerprint density at radius 1 is 1.08 bits per heavy atom. The quantitative estimate of drug-likeness (QED) is 0.457. The Morgan fingerprint density at radius 3 is 2.42 bits per heavy atom. The number of carbonyl (C=O) groups excluding carboxylic acids is 1. The highest BCUT2D eigenvalue weighted by Gasteiger charge is 2.33. The van der Waals surface area contributed by atoms with Gasteiger partial charge >= 0.3 is 5.97 Å². The van der Waals surface area contributed by atoms with Crippen LogP contribution >= 0.6 is 0 Å². The predicted molar refractivity (Wildman–Crippen MR) is 97.4 cm³/mol. The second-order valence-electron chi connectivity index (χ2n) is 7.15. The first kappa shape index (κ1) is 18.8. The molecule has 0 spiro atoms. The molecule has 2 rings (SSSR count).